The maximum absolute atomic E-state index is 10.6. The molecule has 0 aliphatic carbocycles. The standard InChI is InChI=1S/C6H6N4O/c7-5(11)4-3-10-2-1-8-6(10)9-4/h1,3H,2H2,(H2,7,11). The third kappa shape index (κ3) is 0.813. The Hall–Kier alpha value is -1.65. The van der Waals surface area contributed by atoms with Crippen LogP contribution in [-0.2, 0) is 6.54 Å². The normalized spacial score (nSPS) is 13.5. The molecule has 1 aromatic heterocycles. The zero-order valence-corrected chi connectivity index (χ0v) is 5.69. The van der Waals surface area contributed by atoms with E-state index >= 15 is 0 Å². The number of aliphatic imine (C=N–C) groups is 1. The van der Waals surface area contributed by atoms with Gasteiger partial charge in [-0.2, -0.15) is 0 Å². The third-order valence-corrected chi connectivity index (χ3v) is 1.49. The van der Waals surface area contributed by atoms with Crippen LogP contribution in [-0.4, -0.2) is 21.7 Å². The second-order valence-electron chi connectivity index (χ2n) is 2.25. The molecule has 5 nitrogen and oxygen atoms in total. The molecule has 5 heteroatoms. The minimum absolute atomic E-state index is 0.275. The maximum atomic E-state index is 10.6. The molecule has 0 saturated carbocycles. The number of carbonyl (C=O) groups excluding carboxylic acids is 1. The van der Waals surface area contributed by atoms with Gasteiger partial charge in [0.25, 0.3) is 5.91 Å². The Morgan fingerprint density at radius 2 is 2.55 bits per heavy atom. The van der Waals surface area contributed by atoms with E-state index in [4.69, 9.17) is 5.73 Å². The second-order valence-corrected chi connectivity index (χ2v) is 2.25. The highest BCUT2D eigenvalue weighted by Crippen LogP contribution is 2.15. The first-order valence-electron chi connectivity index (χ1n) is 3.17. The van der Waals surface area contributed by atoms with Gasteiger partial charge in [-0.15, -0.1) is 0 Å². The van der Waals surface area contributed by atoms with Gasteiger partial charge in [0, 0.05) is 12.4 Å². The molecule has 1 aromatic rings. The van der Waals surface area contributed by atoms with Crippen LogP contribution < -0.4 is 5.73 Å². The van der Waals surface area contributed by atoms with Crippen molar-refractivity contribution in [3.63, 3.8) is 0 Å². The summed E-state index contributed by atoms with van der Waals surface area (Å²) < 4.78 is 1.76. The molecule has 1 aliphatic rings. The van der Waals surface area contributed by atoms with Crippen LogP contribution in [0.1, 0.15) is 10.5 Å². The maximum Gasteiger partial charge on any atom is 0.268 e. The van der Waals surface area contributed by atoms with Crippen molar-refractivity contribution in [1.29, 1.82) is 0 Å². The van der Waals surface area contributed by atoms with Crippen LogP contribution in [0.15, 0.2) is 11.2 Å². The number of rotatable bonds is 1. The van der Waals surface area contributed by atoms with E-state index in [2.05, 4.69) is 9.98 Å². The van der Waals surface area contributed by atoms with Gasteiger partial charge < -0.3 is 10.3 Å². The largest absolute Gasteiger partial charge is 0.364 e. The Labute approximate surface area is 62.6 Å². The first-order valence-corrected chi connectivity index (χ1v) is 3.17. The number of carbonyl (C=O) groups is 1. The van der Waals surface area contributed by atoms with Gasteiger partial charge in [-0.3, -0.25) is 4.79 Å². The molecule has 0 unspecified atom stereocenters. The number of imidazole rings is 1. The second kappa shape index (κ2) is 1.91. The third-order valence-electron chi connectivity index (χ3n) is 1.49. The monoisotopic (exact) mass is 150 g/mol. The molecule has 0 fully saturated rings. The van der Waals surface area contributed by atoms with Gasteiger partial charge in [0.2, 0.25) is 5.95 Å². The highest BCUT2D eigenvalue weighted by molar-refractivity contribution is 5.91. The summed E-state index contributed by atoms with van der Waals surface area (Å²) in [5.41, 5.74) is 5.28. The molecule has 0 atom stereocenters. The SMILES string of the molecule is NC(=O)c1cn2c(n1)N=CC2. The predicted molar refractivity (Wildman–Crippen MR) is 38.9 cm³/mol. The van der Waals surface area contributed by atoms with Crippen molar-refractivity contribution < 1.29 is 4.79 Å². The number of primary amides is 1. The van der Waals surface area contributed by atoms with Crippen molar-refractivity contribution in [2.75, 3.05) is 0 Å². The molecule has 2 heterocycles. The molecule has 0 bridgehead atoms. The minimum atomic E-state index is -0.512. The van der Waals surface area contributed by atoms with Crippen LogP contribution in [0.25, 0.3) is 0 Å². The fourth-order valence-electron chi connectivity index (χ4n) is 0.973. The molecule has 11 heavy (non-hydrogen) atoms. The summed E-state index contributed by atoms with van der Waals surface area (Å²) in [5, 5.41) is 0. The summed E-state index contributed by atoms with van der Waals surface area (Å²) in [7, 11) is 0. The lowest BCUT2D eigenvalue weighted by molar-refractivity contribution is 0.0996. The predicted octanol–water partition coefficient (Wildman–Crippen LogP) is -0.302. The molecular formula is C6H6N4O. The van der Waals surface area contributed by atoms with Crippen molar-refractivity contribution >= 4 is 18.1 Å². The molecule has 56 valence electrons. The van der Waals surface area contributed by atoms with Crippen LogP contribution in [0.5, 0.6) is 0 Å². The van der Waals surface area contributed by atoms with Crippen molar-refractivity contribution in [1.82, 2.24) is 9.55 Å². The van der Waals surface area contributed by atoms with Gasteiger partial charge in [0.05, 0.1) is 6.54 Å². The van der Waals surface area contributed by atoms with Gasteiger partial charge in [-0.05, 0) is 0 Å². The topological polar surface area (TPSA) is 73.3 Å². The molecule has 1 aliphatic heterocycles. The highest BCUT2D eigenvalue weighted by atomic mass is 16.1. The van der Waals surface area contributed by atoms with E-state index in [-0.39, 0.29) is 5.69 Å². The molecule has 1 amide bonds. The van der Waals surface area contributed by atoms with E-state index in [9.17, 15) is 4.79 Å². The van der Waals surface area contributed by atoms with E-state index < -0.39 is 5.91 Å². The smallest absolute Gasteiger partial charge is 0.268 e. The molecule has 0 saturated heterocycles. The van der Waals surface area contributed by atoms with Gasteiger partial charge in [-0.1, -0.05) is 0 Å². The van der Waals surface area contributed by atoms with Crippen LogP contribution >= 0.6 is 0 Å². The van der Waals surface area contributed by atoms with Crippen molar-refractivity contribution in [3.05, 3.63) is 11.9 Å². The lowest BCUT2D eigenvalue weighted by Gasteiger charge is -1.86. The lowest BCUT2D eigenvalue weighted by atomic mass is 10.5. The Balaban J connectivity index is 2.49. The van der Waals surface area contributed by atoms with Crippen LogP contribution in [0.4, 0.5) is 5.95 Å². The summed E-state index contributed by atoms with van der Waals surface area (Å²) in [4.78, 5) is 18.4. The summed E-state index contributed by atoms with van der Waals surface area (Å²) >= 11 is 0. The summed E-state index contributed by atoms with van der Waals surface area (Å²) in [6.45, 7) is 0.676. The van der Waals surface area contributed by atoms with Gasteiger partial charge in [-0.25, -0.2) is 9.98 Å². The molecule has 2 rings (SSSR count). The van der Waals surface area contributed by atoms with Crippen LogP contribution in [0.3, 0.4) is 0 Å². The minimum Gasteiger partial charge on any atom is -0.364 e. The number of amides is 1. The van der Waals surface area contributed by atoms with Crippen LogP contribution in [0, 0.1) is 0 Å². The lowest BCUT2D eigenvalue weighted by Crippen LogP contribution is -2.11. The zero-order valence-electron chi connectivity index (χ0n) is 5.69. The highest BCUT2D eigenvalue weighted by Gasteiger charge is 2.12. The zero-order chi connectivity index (χ0) is 7.84. The molecule has 2 N–H and O–H groups in total. The average Bonchev–Trinajstić information content (AvgIpc) is 2.40. The fourth-order valence-corrected chi connectivity index (χ4v) is 0.973. The number of hydrogen-bond donors (Lipinski definition) is 1. The molecule has 0 spiro atoms. The summed E-state index contributed by atoms with van der Waals surface area (Å²) in [6, 6.07) is 0. The van der Waals surface area contributed by atoms with Crippen molar-refractivity contribution in [2.45, 2.75) is 6.54 Å². The van der Waals surface area contributed by atoms with Crippen molar-refractivity contribution in [2.24, 2.45) is 10.7 Å². The molecule has 0 radical (unpaired) electrons. The number of fused-ring (bicyclic) bond motifs is 1. The van der Waals surface area contributed by atoms with Gasteiger partial charge >= 0.3 is 0 Å². The Bertz CT molecular complexity index is 338. The van der Waals surface area contributed by atoms with E-state index in [0.717, 1.165) is 0 Å². The number of aromatic nitrogens is 2. The number of hydrogen-bond acceptors (Lipinski definition) is 3. The van der Waals surface area contributed by atoms with E-state index in [1.807, 2.05) is 0 Å². The summed E-state index contributed by atoms with van der Waals surface area (Å²) in [5.74, 6) is 0.0425. The molecule has 0 aromatic carbocycles. The van der Waals surface area contributed by atoms with E-state index in [1.54, 1.807) is 17.0 Å². The van der Waals surface area contributed by atoms with Gasteiger partial charge in [0.15, 0.2) is 0 Å². The average molecular weight is 150 g/mol. The van der Waals surface area contributed by atoms with Crippen molar-refractivity contribution in [3.8, 4) is 0 Å². The first-order chi connectivity index (χ1) is 5.27. The van der Waals surface area contributed by atoms with E-state index in [0.29, 0.717) is 12.5 Å². The number of nitrogens with zero attached hydrogens (tertiary/aromatic N) is 3. The summed E-state index contributed by atoms with van der Waals surface area (Å²) in [6.07, 6.45) is 3.33. The Morgan fingerprint density at radius 1 is 1.73 bits per heavy atom. The quantitative estimate of drug-likeness (QED) is 0.596. The number of nitrogens with two attached hydrogens (primary N) is 1. The Morgan fingerprint density at radius 3 is 3.18 bits per heavy atom. The Kier molecular flexibility index (Phi) is 1.06. The first kappa shape index (κ1) is 6.09. The van der Waals surface area contributed by atoms with Gasteiger partial charge in [0.1, 0.15) is 5.69 Å². The van der Waals surface area contributed by atoms with Crippen LogP contribution in [0.2, 0.25) is 0 Å². The fraction of sp³-hybridized carbons (Fsp3) is 0.167. The van der Waals surface area contributed by atoms with E-state index in [1.165, 1.54) is 0 Å². The molecular weight excluding hydrogens is 144 g/mol.